The van der Waals surface area contributed by atoms with Crippen molar-refractivity contribution in [2.75, 3.05) is 12.5 Å². The van der Waals surface area contributed by atoms with Crippen LogP contribution in [-0.2, 0) is 4.74 Å². The molecule has 0 spiro atoms. The maximum absolute atomic E-state index is 12.3. The Labute approximate surface area is 178 Å². The molecular weight excluding hydrogens is 409 g/mol. The molecule has 2 aromatic carbocycles. The second-order valence-corrected chi connectivity index (χ2v) is 13.1. The largest absolute Gasteiger partial charge is 0.424 e. The van der Waals surface area contributed by atoms with Gasteiger partial charge in [0.15, 0.2) is 0 Å². The zero-order chi connectivity index (χ0) is 20.4. The molecule has 3 N–H and O–H groups in total. The molecule has 152 valence electrons. The first-order valence-electron chi connectivity index (χ1n) is 9.72. The van der Waals surface area contributed by atoms with Crippen LogP contribution in [0.5, 0.6) is 0 Å². The van der Waals surface area contributed by atoms with Crippen LogP contribution < -0.4 is 16.1 Å². The first-order chi connectivity index (χ1) is 13.3. The molecule has 0 aromatic heterocycles. The van der Waals surface area contributed by atoms with Crippen LogP contribution in [0.1, 0.15) is 20.3 Å². The molecule has 1 fully saturated rings. The van der Waals surface area contributed by atoms with Gasteiger partial charge < -0.3 is 15.3 Å². The van der Waals surface area contributed by atoms with Gasteiger partial charge in [-0.25, -0.2) is 0 Å². The summed E-state index contributed by atoms with van der Waals surface area (Å²) in [5.74, 6) is 0.430. The van der Waals surface area contributed by atoms with E-state index < -0.39 is 8.32 Å². The molecule has 0 aliphatic carbocycles. The fourth-order valence-corrected chi connectivity index (χ4v) is 8.68. The van der Waals surface area contributed by atoms with Crippen molar-refractivity contribution in [1.82, 2.24) is 0 Å². The number of nitrogens with two attached hydrogens (primary N) is 1. The summed E-state index contributed by atoms with van der Waals surface area (Å²) >= 11 is 12.2. The van der Waals surface area contributed by atoms with Crippen LogP contribution in [0.2, 0.25) is 5.04 Å². The SMILES string of the molecule is CC(C)(C[C@H]1CO[C@H]([C@H](Cl)CCl)[C@@H]1N)[Si](O)(c1ccccc1)c1ccccc1. The molecule has 3 nitrogen and oxygen atoms in total. The Morgan fingerprint density at radius 3 is 2.07 bits per heavy atom. The van der Waals surface area contributed by atoms with Crippen molar-refractivity contribution in [1.29, 1.82) is 0 Å². The van der Waals surface area contributed by atoms with Gasteiger partial charge in [0.25, 0.3) is 8.32 Å². The molecule has 0 amide bonds. The summed E-state index contributed by atoms with van der Waals surface area (Å²) in [6.45, 7) is 4.85. The zero-order valence-corrected chi connectivity index (χ0v) is 18.9. The zero-order valence-electron chi connectivity index (χ0n) is 16.4. The number of ether oxygens (including phenoxy) is 1. The monoisotopic (exact) mass is 437 g/mol. The second-order valence-electron chi connectivity index (χ2n) is 8.34. The van der Waals surface area contributed by atoms with Crippen LogP contribution in [0.15, 0.2) is 60.7 Å². The van der Waals surface area contributed by atoms with Crippen LogP contribution in [0, 0.1) is 5.92 Å². The molecule has 28 heavy (non-hydrogen) atoms. The highest BCUT2D eigenvalue weighted by Crippen LogP contribution is 2.44. The van der Waals surface area contributed by atoms with Crippen LogP contribution in [-0.4, -0.2) is 43.1 Å². The maximum Gasteiger partial charge on any atom is 0.258 e. The average molecular weight is 438 g/mol. The quantitative estimate of drug-likeness (QED) is 0.516. The number of alkyl halides is 2. The third-order valence-corrected chi connectivity index (χ3v) is 11.5. The molecular formula is C22H29Cl2NO2Si. The lowest BCUT2D eigenvalue weighted by Crippen LogP contribution is -2.66. The Morgan fingerprint density at radius 2 is 1.61 bits per heavy atom. The van der Waals surface area contributed by atoms with Gasteiger partial charge in [-0.05, 0) is 21.8 Å². The van der Waals surface area contributed by atoms with E-state index in [4.69, 9.17) is 33.7 Å². The van der Waals surface area contributed by atoms with Gasteiger partial charge in [-0.15, -0.1) is 23.2 Å². The minimum absolute atomic E-state index is 0.121. The fraction of sp³-hybridized carbons (Fsp3) is 0.455. The summed E-state index contributed by atoms with van der Waals surface area (Å²) in [6, 6.07) is 19.9. The van der Waals surface area contributed by atoms with E-state index in [1.165, 1.54) is 0 Å². The third-order valence-electron chi connectivity index (χ3n) is 6.07. The molecule has 1 heterocycles. The van der Waals surface area contributed by atoms with Crippen LogP contribution >= 0.6 is 23.2 Å². The lowest BCUT2D eigenvalue weighted by molar-refractivity contribution is 0.101. The Hall–Kier alpha value is -0.883. The van der Waals surface area contributed by atoms with Gasteiger partial charge in [0.1, 0.15) is 0 Å². The third kappa shape index (κ3) is 4.04. The second kappa shape index (κ2) is 8.86. The highest BCUT2D eigenvalue weighted by atomic mass is 35.5. The molecule has 0 bridgehead atoms. The van der Waals surface area contributed by atoms with E-state index >= 15 is 0 Å². The van der Waals surface area contributed by atoms with E-state index in [9.17, 15) is 4.80 Å². The molecule has 1 saturated heterocycles. The van der Waals surface area contributed by atoms with Gasteiger partial charge in [-0.1, -0.05) is 74.5 Å². The van der Waals surface area contributed by atoms with Gasteiger partial charge in [0, 0.05) is 17.8 Å². The Bertz CT molecular complexity index is 720. The molecule has 3 rings (SSSR count). The molecule has 2 aromatic rings. The summed E-state index contributed by atoms with van der Waals surface area (Å²) in [5, 5.41) is 1.35. The minimum atomic E-state index is -3.05. The summed E-state index contributed by atoms with van der Waals surface area (Å²) < 4.78 is 5.89. The molecule has 1 aliphatic heterocycles. The highest BCUT2D eigenvalue weighted by molar-refractivity contribution is 6.98. The predicted octanol–water partition coefficient (Wildman–Crippen LogP) is 3.10. The van der Waals surface area contributed by atoms with Gasteiger partial charge in [0.2, 0.25) is 0 Å². The van der Waals surface area contributed by atoms with Crippen molar-refractivity contribution >= 4 is 41.9 Å². The first-order valence-corrected chi connectivity index (χ1v) is 12.6. The molecule has 0 saturated carbocycles. The van der Waals surface area contributed by atoms with Crippen molar-refractivity contribution < 1.29 is 9.53 Å². The smallest absolute Gasteiger partial charge is 0.258 e. The number of halogens is 2. The van der Waals surface area contributed by atoms with Crippen molar-refractivity contribution in [3.63, 3.8) is 0 Å². The van der Waals surface area contributed by atoms with Gasteiger partial charge in [-0.3, -0.25) is 0 Å². The summed E-state index contributed by atoms with van der Waals surface area (Å²) in [5.41, 5.74) is 6.49. The van der Waals surface area contributed by atoms with Gasteiger partial charge in [0.05, 0.1) is 18.1 Å². The first kappa shape index (κ1) is 21.8. The normalized spacial score (nSPS) is 24.3. The summed E-state index contributed by atoms with van der Waals surface area (Å²) in [4.78, 5) is 12.3. The van der Waals surface area contributed by atoms with E-state index in [2.05, 4.69) is 13.8 Å². The molecule has 1 aliphatic rings. The fourth-order valence-electron chi connectivity index (χ4n) is 4.46. The number of hydrogen-bond acceptors (Lipinski definition) is 3. The number of benzene rings is 2. The van der Waals surface area contributed by atoms with E-state index in [1.807, 2.05) is 60.7 Å². The maximum atomic E-state index is 12.3. The average Bonchev–Trinajstić information content (AvgIpc) is 3.07. The molecule has 6 heteroatoms. The topological polar surface area (TPSA) is 55.5 Å². The van der Waals surface area contributed by atoms with E-state index in [0.29, 0.717) is 12.5 Å². The Balaban J connectivity index is 1.94. The lowest BCUT2D eigenvalue weighted by Gasteiger charge is -2.43. The van der Waals surface area contributed by atoms with Gasteiger partial charge in [-0.2, -0.15) is 0 Å². The number of rotatable bonds is 7. The number of hydrogen-bond donors (Lipinski definition) is 2. The van der Waals surface area contributed by atoms with Gasteiger partial charge >= 0.3 is 0 Å². The minimum Gasteiger partial charge on any atom is -0.424 e. The predicted molar refractivity (Wildman–Crippen MR) is 120 cm³/mol. The van der Waals surface area contributed by atoms with Crippen molar-refractivity contribution in [2.24, 2.45) is 11.7 Å². The van der Waals surface area contributed by atoms with E-state index in [1.54, 1.807) is 0 Å². The Kier molecular flexibility index (Phi) is 6.91. The highest BCUT2D eigenvalue weighted by Gasteiger charge is 2.52. The van der Waals surface area contributed by atoms with Crippen molar-refractivity contribution in [3.05, 3.63) is 60.7 Å². The summed E-state index contributed by atoms with van der Waals surface area (Å²) in [6.07, 6.45) is 0.506. The van der Waals surface area contributed by atoms with E-state index in [0.717, 1.165) is 16.8 Å². The van der Waals surface area contributed by atoms with Crippen LogP contribution in [0.3, 0.4) is 0 Å². The molecule has 0 radical (unpaired) electrons. The summed E-state index contributed by atoms with van der Waals surface area (Å²) in [7, 11) is -3.05. The lowest BCUT2D eigenvalue weighted by atomic mass is 9.89. The standard InChI is InChI=1S/C22H29Cl2NO2Si/c1-22(2,13-16-15-27-21(20(16)25)19(24)14-23)28(26,17-9-5-3-6-10-17)18-11-7-4-8-12-18/h3-12,16,19-21,26H,13-15,25H2,1-2H3/t16-,19+,20+,21+/m0/s1. The van der Waals surface area contributed by atoms with Crippen LogP contribution in [0.25, 0.3) is 0 Å². The van der Waals surface area contributed by atoms with Crippen molar-refractivity contribution in [3.8, 4) is 0 Å². The molecule has 0 unspecified atom stereocenters. The van der Waals surface area contributed by atoms with Crippen molar-refractivity contribution in [2.45, 2.75) is 42.8 Å². The molecule has 4 atom stereocenters. The van der Waals surface area contributed by atoms with E-state index in [-0.39, 0.29) is 28.5 Å². The van der Waals surface area contributed by atoms with Crippen LogP contribution in [0.4, 0.5) is 0 Å². The Morgan fingerprint density at radius 1 is 1.11 bits per heavy atom.